The van der Waals surface area contributed by atoms with E-state index in [1.54, 1.807) is 0 Å². The molecule has 3 aliphatic rings. The Kier molecular flexibility index (Phi) is 5.88. The van der Waals surface area contributed by atoms with Crippen LogP contribution >= 0.6 is 0 Å². The van der Waals surface area contributed by atoms with Gasteiger partial charge in [0.1, 0.15) is 0 Å². The summed E-state index contributed by atoms with van der Waals surface area (Å²) in [5, 5.41) is 3.45. The molecule has 2 fully saturated rings. The molecule has 28 heavy (non-hydrogen) atoms. The van der Waals surface area contributed by atoms with Crippen LogP contribution in [0.4, 0.5) is 0 Å². The summed E-state index contributed by atoms with van der Waals surface area (Å²) >= 11 is 0. The number of guanidine groups is 1. The Morgan fingerprint density at radius 3 is 2.68 bits per heavy atom. The maximum Gasteiger partial charge on any atom is 0.222 e. The highest BCUT2D eigenvalue weighted by Gasteiger charge is 2.43. The van der Waals surface area contributed by atoms with Crippen molar-refractivity contribution in [2.45, 2.75) is 58.4 Å². The molecule has 0 bridgehead atoms. The minimum absolute atomic E-state index is 0.268. The zero-order chi connectivity index (χ0) is 19.4. The summed E-state index contributed by atoms with van der Waals surface area (Å²) < 4.78 is 0. The van der Waals surface area contributed by atoms with Gasteiger partial charge < -0.3 is 15.1 Å². The molecule has 1 aromatic carbocycles. The summed E-state index contributed by atoms with van der Waals surface area (Å²) in [6, 6.07) is 8.48. The van der Waals surface area contributed by atoms with E-state index in [4.69, 9.17) is 4.99 Å². The van der Waals surface area contributed by atoms with Crippen LogP contribution in [0.2, 0.25) is 0 Å². The number of likely N-dealkylation sites (tertiary alicyclic amines) is 1. The van der Waals surface area contributed by atoms with Crippen molar-refractivity contribution in [2.24, 2.45) is 10.4 Å². The van der Waals surface area contributed by atoms with Crippen LogP contribution in [0.25, 0.3) is 0 Å². The molecule has 1 amide bonds. The smallest absolute Gasteiger partial charge is 0.222 e. The second kappa shape index (κ2) is 8.54. The lowest BCUT2D eigenvalue weighted by Crippen LogP contribution is -2.42. The van der Waals surface area contributed by atoms with Crippen molar-refractivity contribution in [1.82, 2.24) is 15.1 Å². The van der Waals surface area contributed by atoms with Gasteiger partial charge >= 0.3 is 0 Å². The van der Waals surface area contributed by atoms with Gasteiger partial charge in [-0.05, 0) is 55.6 Å². The fourth-order valence-corrected chi connectivity index (χ4v) is 4.91. The van der Waals surface area contributed by atoms with Gasteiger partial charge in [-0.25, -0.2) is 0 Å². The lowest BCUT2D eigenvalue weighted by Gasteiger charge is -2.38. The van der Waals surface area contributed by atoms with E-state index in [1.165, 1.54) is 36.8 Å². The molecule has 1 spiro atoms. The monoisotopic (exact) mass is 382 g/mol. The van der Waals surface area contributed by atoms with Gasteiger partial charge in [-0.1, -0.05) is 30.7 Å². The normalized spacial score (nSPS) is 20.8. The van der Waals surface area contributed by atoms with Crippen LogP contribution in [0, 0.1) is 5.41 Å². The summed E-state index contributed by atoms with van der Waals surface area (Å²) in [7, 11) is 0. The number of fused-ring (bicyclic) bond motifs is 1. The van der Waals surface area contributed by atoms with Crippen LogP contribution in [-0.2, 0) is 17.8 Å². The minimum atomic E-state index is 0.268. The number of carbonyl (C=O) groups is 1. The van der Waals surface area contributed by atoms with Crippen molar-refractivity contribution in [1.29, 1.82) is 0 Å². The van der Waals surface area contributed by atoms with Gasteiger partial charge in [0.15, 0.2) is 5.96 Å². The Morgan fingerprint density at radius 2 is 1.96 bits per heavy atom. The molecule has 1 aliphatic carbocycles. The highest BCUT2D eigenvalue weighted by molar-refractivity contribution is 5.80. The maximum absolute atomic E-state index is 12.6. The molecule has 2 heterocycles. The van der Waals surface area contributed by atoms with E-state index in [0.717, 1.165) is 58.1 Å². The molecule has 1 saturated carbocycles. The molecule has 1 N–H and O–H groups in total. The molecule has 1 saturated heterocycles. The summed E-state index contributed by atoms with van der Waals surface area (Å²) in [6.07, 6.45) is 7.87. The summed E-state index contributed by atoms with van der Waals surface area (Å²) in [5.41, 5.74) is 3.27. The zero-order valence-electron chi connectivity index (χ0n) is 17.3. The molecule has 152 valence electrons. The van der Waals surface area contributed by atoms with Crippen molar-refractivity contribution in [3.63, 3.8) is 0 Å². The summed E-state index contributed by atoms with van der Waals surface area (Å²) in [6.45, 7) is 7.64. The number of rotatable bonds is 5. The molecule has 0 radical (unpaired) electrons. The van der Waals surface area contributed by atoms with Crippen LogP contribution in [0.3, 0.4) is 0 Å². The molecule has 4 rings (SSSR count). The van der Waals surface area contributed by atoms with Crippen molar-refractivity contribution in [3.8, 4) is 0 Å². The molecule has 1 aromatic rings. The van der Waals surface area contributed by atoms with E-state index in [2.05, 4.69) is 41.4 Å². The number of aliphatic imine (C=N–C) groups is 1. The standard InChI is InChI=1S/C23H34N4O/c1-2-24-22(27-16-13-23(18-27)11-6-12-23)25-14-5-9-21(28)26-15-10-19-7-3-4-8-20(19)17-26/h3-4,7-8H,2,5-6,9-18H2,1H3,(H,24,25). The SMILES string of the molecule is CCNC(=NCCCC(=O)N1CCc2ccccc2C1)N1CCC2(CCC2)C1. The van der Waals surface area contributed by atoms with Crippen molar-refractivity contribution in [3.05, 3.63) is 35.4 Å². The van der Waals surface area contributed by atoms with Gasteiger partial charge in [-0.15, -0.1) is 0 Å². The first-order valence-corrected chi connectivity index (χ1v) is 11.1. The van der Waals surface area contributed by atoms with Gasteiger partial charge in [-0.3, -0.25) is 9.79 Å². The lowest BCUT2D eigenvalue weighted by atomic mass is 9.68. The van der Waals surface area contributed by atoms with Crippen LogP contribution < -0.4 is 5.32 Å². The first-order chi connectivity index (χ1) is 13.7. The van der Waals surface area contributed by atoms with E-state index in [9.17, 15) is 4.79 Å². The highest BCUT2D eigenvalue weighted by Crippen LogP contribution is 2.47. The lowest BCUT2D eigenvalue weighted by molar-refractivity contribution is -0.132. The molecule has 5 heteroatoms. The minimum Gasteiger partial charge on any atom is -0.357 e. The molecular weight excluding hydrogens is 348 g/mol. The van der Waals surface area contributed by atoms with E-state index >= 15 is 0 Å². The molecule has 5 nitrogen and oxygen atoms in total. The summed E-state index contributed by atoms with van der Waals surface area (Å²) in [4.78, 5) is 21.9. The Bertz CT molecular complexity index is 725. The average molecular weight is 383 g/mol. The Balaban J connectivity index is 1.25. The van der Waals surface area contributed by atoms with E-state index < -0.39 is 0 Å². The van der Waals surface area contributed by atoms with Gasteiger partial charge in [0.25, 0.3) is 0 Å². The number of benzene rings is 1. The fraction of sp³-hybridized carbons (Fsp3) is 0.652. The first-order valence-electron chi connectivity index (χ1n) is 11.1. The number of hydrogen-bond acceptors (Lipinski definition) is 2. The second-order valence-corrected chi connectivity index (χ2v) is 8.70. The third-order valence-corrected chi connectivity index (χ3v) is 6.78. The van der Waals surface area contributed by atoms with Crippen LogP contribution in [0.1, 0.15) is 56.6 Å². The first kappa shape index (κ1) is 19.3. The molecular formula is C23H34N4O. The predicted octanol–water partition coefficient (Wildman–Crippen LogP) is 3.19. The average Bonchev–Trinajstić information content (AvgIpc) is 3.16. The fourth-order valence-electron chi connectivity index (χ4n) is 4.91. The number of hydrogen-bond donors (Lipinski definition) is 1. The summed E-state index contributed by atoms with van der Waals surface area (Å²) in [5.74, 6) is 1.31. The number of amides is 1. The van der Waals surface area contributed by atoms with Crippen molar-refractivity contribution >= 4 is 11.9 Å². The molecule has 2 aliphatic heterocycles. The second-order valence-electron chi connectivity index (χ2n) is 8.70. The molecule has 0 atom stereocenters. The quantitative estimate of drug-likeness (QED) is 0.483. The largest absolute Gasteiger partial charge is 0.357 e. The number of carbonyl (C=O) groups excluding carboxylic acids is 1. The van der Waals surface area contributed by atoms with E-state index in [0.29, 0.717) is 11.8 Å². The Hall–Kier alpha value is -2.04. The molecule has 0 aromatic heterocycles. The van der Waals surface area contributed by atoms with Gasteiger partial charge in [0.05, 0.1) is 0 Å². The molecule has 0 unspecified atom stereocenters. The highest BCUT2D eigenvalue weighted by atomic mass is 16.2. The van der Waals surface area contributed by atoms with Gasteiger partial charge in [0.2, 0.25) is 5.91 Å². The Labute approximate surface area is 169 Å². The van der Waals surface area contributed by atoms with Gasteiger partial charge in [0, 0.05) is 45.7 Å². The van der Waals surface area contributed by atoms with Crippen LogP contribution in [-0.4, -0.2) is 54.4 Å². The predicted molar refractivity (Wildman–Crippen MR) is 113 cm³/mol. The Morgan fingerprint density at radius 1 is 1.14 bits per heavy atom. The maximum atomic E-state index is 12.6. The van der Waals surface area contributed by atoms with Crippen molar-refractivity contribution < 1.29 is 4.79 Å². The van der Waals surface area contributed by atoms with E-state index in [1.807, 2.05) is 4.90 Å². The topological polar surface area (TPSA) is 47.9 Å². The van der Waals surface area contributed by atoms with E-state index in [-0.39, 0.29) is 5.91 Å². The van der Waals surface area contributed by atoms with Crippen LogP contribution in [0.15, 0.2) is 29.3 Å². The third-order valence-electron chi connectivity index (χ3n) is 6.78. The van der Waals surface area contributed by atoms with Gasteiger partial charge in [-0.2, -0.15) is 0 Å². The number of nitrogens with zero attached hydrogens (tertiary/aromatic N) is 3. The number of nitrogens with one attached hydrogen (secondary N) is 1. The zero-order valence-corrected chi connectivity index (χ0v) is 17.3. The van der Waals surface area contributed by atoms with Crippen molar-refractivity contribution in [2.75, 3.05) is 32.7 Å². The van der Waals surface area contributed by atoms with Crippen LogP contribution in [0.5, 0.6) is 0 Å². The third kappa shape index (κ3) is 4.18.